The van der Waals surface area contributed by atoms with E-state index in [4.69, 9.17) is 0 Å². The second-order valence-corrected chi connectivity index (χ2v) is 7.48. The predicted octanol–water partition coefficient (Wildman–Crippen LogP) is 2.46. The number of fused-ring (bicyclic) bond motifs is 1. The van der Waals surface area contributed by atoms with Crippen molar-refractivity contribution in [3.63, 3.8) is 0 Å². The number of rotatable bonds is 5. The number of hydrogen-bond donors (Lipinski definition) is 2. The van der Waals surface area contributed by atoms with Crippen LogP contribution in [0.25, 0.3) is 0 Å². The highest BCUT2D eigenvalue weighted by atomic mass is 32.2. The molecule has 2 N–H and O–H groups in total. The fraction of sp³-hybridized carbons (Fsp3) is 0.188. The molecule has 26 heavy (non-hydrogen) atoms. The molecule has 10 heteroatoms. The van der Waals surface area contributed by atoms with Crippen LogP contribution in [0.3, 0.4) is 0 Å². The molecule has 0 fully saturated rings. The Morgan fingerprint density at radius 3 is 2.54 bits per heavy atom. The zero-order chi connectivity index (χ0) is 18.9. The van der Waals surface area contributed by atoms with Gasteiger partial charge < -0.3 is 20.1 Å². The smallest absolute Gasteiger partial charge is 0.395 e. The number of hydrogen-bond acceptors (Lipinski definition) is 6. The van der Waals surface area contributed by atoms with E-state index < -0.39 is 22.0 Å². The minimum Gasteiger partial charge on any atom is -0.395 e. The lowest BCUT2D eigenvalue weighted by atomic mass is 10.2. The summed E-state index contributed by atoms with van der Waals surface area (Å²) in [6.45, 7) is -0.214. The highest BCUT2D eigenvalue weighted by Crippen LogP contribution is 2.42. The molecule has 0 spiro atoms. The third-order valence-corrected chi connectivity index (χ3v) is 4.57. The number of ether oxygens (including phenoxy) is 2. The second kappa shape index (κ2) is 6.45. The highest BCUT2D eigenvalue weighted by Gasteiger charge is 2.43. The third-order valence-electron chi connectivity index (χ3n) is 3.41. The minimum atomic E-state index is -3.71. The molecule has 0 unspecified atom stereocenters. The van der Waals surface area contributed by atoms with Crippen molar-refractivity contribution >= 4 is 27.1 Å². The summed E-state index contributed by atoms with van der Waals surface area (Å²) >= 11 is 0. The summed E-state index contributed by atoms with van der Waals surface area (Å²) in [5.74, 6) is -0.765. The van der Waals surface area contributed by atoms with Crippen LogP contribution in [0.1, 0.15) is 0 Å². The maximum Gasteiger partial charge on any atom is 0.586 e. The lowest BCUT2D eigenvalue weighted by molar-refractivity contribution is -0.286. The zero-order valence-corrected chi connectivity index (χ0v) is 14.3. The SMILES string of the molecule is CS(=O)(=O)c1ccccc1NC(=O)CNc1ccc2c(c1)OC(F)(F)O2. The number of halogens is 2. The number of alkyl halides is 2. The van der Waals surface area contributed by atoms with Crippen LogP contribution in [0, 0.1) is 0 Å². The number of benzene rings is 2. The summed E-state index contributed by atoms with van der Waals surface area (Å²) in [5.41, 5.74) is 0.517. The molecule has 1 aliphatic rings. The van der Waals surface area contributed by atoms with Gasteiger partial charge in [-0.05, 0) is 24.3 Å². The lowest BCUT2D eigenvalue weighted by Crippen LogP contribution is -2.25. The molecule has 7 nitrogen and oxygen atoms in total. The summed E-state index contributed by atoms with van der Waals surface area (Å²) in [6, 6.07) is 10.0. The molecule has 2 aromatic carbocycles. The molecule has 0 atom stereocenters. The topological polar surface area (TPSA) is 93.7 Å². The summed E-state index contributed by atoms with van der Waals surface area (Å²) in [6.07, 6.45) is -2.67. The number of nitrogens with one attached hydrogen (secondary N) is 2. The monoisotopic (exact) mass is 384 g/mol. The molecule has 138 valence electrons. The first kappa shape index (κ1) is 17.9. The van der Waals surface area contributed by atoms with Crippen LogP contribution >= 0.6 is 0 Å². The van der Waals surface area contributed by atoms with E-state index in [0.717, 1.165) is 6.26 Å². The van der Waals surface area contributed by atoms with E-state index in [1.807, 2.05) is 0 Å². The molecule has 0 saturated carbocycles. The first-order chi connectivity index (χ1) is 12.1. The van der Waals surface area contributed by atoms with E-state index in [9.17, 15) is 22.0 Å². The molecule has 1 amide bonds. The van der Waals surface area contributed by atoms with E-state index in [-0.39, 0.29) is 28.6 Å². The van der Waals surface area contributed by atoms with E-state index in [1.54, 1.807) is 12.1 Å². The van der Waals surface area contributed by atoms with Crippen molar-refractivity contribution < 1.29 is 31.5 Å². The maximum absolute atomic E-state index is 13.0. The van der Waals surface area contributed by atoms with E-state index in [1.165, 1.54) is 30.3 Å². The van der Waals surface area contributed by atoms with Crippen molar-refractivity contribution in [1.29, 1.82) is 0 Å². The van der Waals surface area contributed by atoms with Gasteiger partial charge in [-0.2, -0.15) is 0 Å². The Labute approximate surface area is 147 Å². The van der Waals surface area contributed by atoms with Gasteiger partial charge in [-0.15, -0.1) is 8.78 Å². The molecular weight excluding hydrogens is 370 g/mol. The van der Waals surface area contributed by atoms with Crippen molar-refractivity contribution in [3.8, 4) is 11.5 Å². The number of sulfone groups is 1. The Balaban J connectivity index is 1.65. The molecule has 2 aromatic rings. The molecule has 1 aliphatic heterocycles. The minimum absolute atomic E-state index is 0.00124. The van der Waals surface area contributed by atoms with Crippen molar-refractivity contribution in [1.82, 2.24) is 0 Å². The quantitative estimate of drug-likeness (QED) is 0.823. The summed E-state index contributed by atoms with van der Waals surface area (Å²) in [4.78, 5) is 12.1. The zero-order valence-electron chi connectivity index (χ0n) is 13.5. The van der Waals surface area contributed by atoms with Gasteiger partial charge in [0.05, 0.1) is 17.1 Å². The Morgan fingerprint density at radius 1 is 1.12 bits per heavy atom. The number of carbonyl (C=O) groups is 1. The van der Waals surface area contributed by atoms with Crippen molar-refractivity contribution in [2.75, 3.05) is 23.4 Å². The Kier molecular flexibility index (Phi) is 4.45. The molecule has 0 bridgehead atoms. The van der Waals surface area contributed by atoms with Crippen LogP contribution in [-0.2, 0) is 14.6 Å². The molecular formula is C16H14F2N2O5S. The van der Waals surface area contributed by atoms with Gasteiger partial charge in [0.2, 0.25) is 5.91 Å². The number of anilines is 2. The van der Waals surface area contributed by atoms with Crippen LogP contribution in [0.15, 0.2) is 47.4 Å². The normalized spacial score (nSPS) is 14.7. The molecule has 0 aromatic heterocycles. The molecule has 0 radical (unpaired) electrons. The number of amides is 1. The van der Waals surface area contributed by atoms with E-state index in [0.29, 0.717) is 5.69 Å². The van der Waals surface area contributed by atoms with Gasteiger partial charge in [-0.25, -0.2) is 8.42 Å². The molecule has 0 saturated heterocycles. The van der Waals surface area contributed by atoms with Crippen molar-refractivity contribution in [2.45, 2.75) is 11.2 Å². The average Bonchev–Trinajstić information content (AvgIpc) is 2.85. The number of carbonyl (C=O) groups excluding carboxylic acids is 1. The first-order valence-electron chi connectivity index (χ1n) is 7.37. The largest absolute Gasteiger partial charge is 0.586 e. The second-order valence-electron chi connectivity index (χ2n) is 5.50. The Hall–Kier alpha value is -2.88. The summed E-state index contributed by atoms with van der Waals surface area (Å²) in [7, 11) is -3.50. The maximum atomic E-state index is 13.0. The fourth-order valence-corrected chi connectivity index (χ4v) is 3.17. The Morgan fingerprint density at radius 2 is 1.81 bits per heavy atom. The van der Waals surface area contributed by atoms with Crippen LogP contribution in [0.5, 0.6) is 11.5 Å². The standard InChI is InChI=1S/C16H14F2N2O5S/c1-26(22,23)14-5-3-2-4-11(14)20-15(21)9-19-10-6-7-12-13(8-10)25-16(17,18)24-12/h2-8,19H,9H2,1H3,(H,20,21). The van der Waals surface area contributed by atoms with Gasteiger partial charge >= 0.3 is 6.29 Å². The van der Waals surface area contributed by atoms with E-state index >= 15 is 0 Å². The summed E-state index contributed by atoms with van der Waals surface area (Å²) in [5, 5.41) is 5.23. The van der Waals surface area contributed by atoms with E-state index in [2.05, 4.69) is 20.1 Å². The third kappa shape index (κ3) is 4.02. The number of para-hydroxylation sites is 1. The molecule has 1 heterocycles. The first-order valence-corrected chi connectivity index (χ1v) is 9.26. The molecule has 3 rings (SSSR count). The Bertz CT molecular complexity index is 963. The average molecular weight is 384 g/mol. The van der Waals surface area contributed by atoms with Crippen molar-refractivity contribution in [3.05, 3.63) is 42.5 Å². The van der Waals surface area contributed by atoms with Gasteiger partial charge in [-0.1, -0.05) is 12.1 Å². The van der Waals surface area contributed by atoms with Crippen LogP contribution in [0.4, 0.5) is 20.2 Å². The fourth-order valence-electron chi connectivity index (χ4n) is 2.33. The van der Waals surface area contributed by atoms with Gasteiger partial charge in [0.1, 0.15) is 0 Å². The van der Waals surface area contributed by atoms with Crippen LogP contribution in [0.2, 0.25) is 0 Å². The van der Waals surface area contributed by atoms with Gasteiger partial charge in [-0.3, -0.25) is 4.79 Å². The van der Waals surface area contributed by atoms with Crippen molar-refractivity contribution in [2.24, 2.45) is 0 Å². The van der Waals surface area contributed by atoms with Crippen LogP contribution in [-0.4, -0.2) is 33.4 Å². The van der Waals surface area contributed by atoms with Gasteiger partial charge in [0.15, 0.2) is 21.3 Å². The van der Waals surface area contributed by atoms with Crippen LogP contribution < -0.4 is 20.1 Å². The van der Waals surface area contributed by atoms with Gasteiger partial charge in [0, 0.05) is 18.0 Å². The van der Waals surface area contributed by atoms with Gasteiger partial charge in [0.25, 0.3) is 0 Å². The lowest BCUT2D eigenvalue weighted by Gasteiger charge is -2.11. The summed E-state index contributed by atoms with van der Waals surface area (Å²) < 4.78 is 58.0. The predicted molar refractivity (Wildman–Crippen MR) is 89.3 cm³/mol. The molecule has 0 aliphatic carbocycles. The highest BCUT2D eigenvalue weighted by molar-refractivity contribution is 7.90.